The summed E-state index contributed by atoms with van der Waals surface area (Å²) in [5.74, 6) is 1.28. The van der Waals surface area contributed by atoms with Crippen LogP contribution in [0.4, 0.5) is 0 Å². The molecule has 2 saturated heterocycles. The zero-order chi connectivity index (χ0) is 22.3. The zero-order valence-corrected chi connectivity index (χ0v) is 19.5. The van der Waals surface area contributed by atoms with Crippen molar-refractivity contribution in [1.29, 1.82) is 0 Å². The number of likely N-dealkylation sites (tertiary alicyclic amines) is 1. The van der Waals surface area contributed by atoms with Crippen molar-refractivity contribution >= 4 is 5.91 Å². The first-order valence-corrected chi connectivity index (χ1v) is 12.4. The van der Waals surface area contributed by atoms with E-state index in [2.05, 4.69) is 4.90 Å². The molecule has 0 aromatic carbocycles. The van der Waals surface area contributed by atoms with Crippen LogP contribution in [0.25, 0.3) is 0 Å². The van der Waals surface area contributed by atoms with Crippen molar-refractivity contribution < 1.29 is 14.3 Å². The quantitative estimate of drug-likeness (QED) is 0.567. The smallest absolute Gasteiger partial charge is 0.253 e. The lowest BCUT2D eigenvalue weighted by Crippen LogP contribution is -2.39. The largest absolute Gasteiger partial charge is 0.377 e. The molecule has 4 rings (SSSR count). The number of rotatable bonds is 8. The van der Waals surface area contributed by atoms with E-state index in [1.165, 1.54) is 6.42 Å². The molecule has 1 amide bonds. The van der Waals surface area contributed by atoms with E-state index in [0.29, 0.717) is 26.3 Å². The van der Waals surface area contributed by atoms with E-state index >= 15 is 0 Å². The highest BCUT2D eigenvalue weighted by atomic mass is 16.5. The molecule has 1 aromatic heterocycles. The fraction of sp³-hybridized carbons (Fsp3) is 0.792. The van der Waals surface area contributed by atoms with Gasteiger partial charge in [-0.2, -0.15) is 0 Å². The van der Waals surface area contributed by atoms with Gasteiger partial charge in [0.2, 0.25) is 5.91 Å². The Morgan fingerprint density at radius 1 is 1.22 bits per heavy atom. The van der Waals surface area contributed by atoms with Crippen LogP contribution in [0, 0.1) is 0 Å². The van der Waals surface area contributed by atoms with Crippen LogP contribution < -0.4 is 5.56 Å². The van der Waals surface area contributed by atoms with Gasteiger partial charge in [0, 0.05) is 51.7 Å². The molecule has 0 bridgehead atoms. The van der Waals surface area contributed by atoms with Crippen LogP contribution in [0.1, 0.15) is 62.4 Å². The fourth-order valence-electron chi connectivity index (χ4n) is 4.95. The molecule has 3 aliphatic rings. The third-order valence-corrected chi connectivity index (χ3v) is 7.01. The van der Waals surface area contributed by atoms with Gasteiger partial charge in [0.25, 0.3) is 5.56 Å². The van der Waals surface area contributed by atoms with E-state index in [-0.39, 0.29) is 23.5 Å². The number of aromatic nitrogens is 2. The summed E-state index contributed by atoms with van der Waals surface area (Å²) >= 11 is 0. The van der Waals surface area contributed by atoms with Crippen LogP contribution >= 0.6 is 0 Å². The summed E-state index contributed by atoms with van der Waals surface area (Å²) in [5, 5.41) is 0. The fourth-order valence-corrected chi connectivity index (χ4v) is 4.95. The third kappa shape index (κ3) is 6.17. The average molecular weight is 447 g/mol. The van der Waals surface area contributed by atoms with Gasteiger partial charge in [0.1, 0.15) is 5.82 Å². The maximum Gasteiger partial charge on any atom is 0.253 e. The topological polar surface area (TPSA) is 76.9 Å². The summed E-state index contributed by atoms with van der Waals surface area (Å²) < 4.78 is 13.3. The van der Waals surface area contributed by atoms with E-state index in [1.807, 2.05) is 11.6 Å². The molecular formula is C24H38N4O4. The van der Waals surface area contributed by atoms with Crippen LogP contribution in [0.2, 0.25) is 0 Å². The Labute approximate surface area is 190 Å². The third-order valence-electron chi connectivity index (χ3n) is 7.01. The van der Waals surface area contributed by atoms with E-state index < -0.39 is 0 Å². The van der Waals surface area contributed by atoms with Gasteiger partial charge < -0.3 is 14.4 Å². The first kappa shape index (κ1) is 23.4. The molecule has 0 N–H and O–H groups in total. The van der Waals surface area contributed by atoms with Crippen molar-refractivity contribution in [2.45, 2.75) is 69.9 Å². The first-order chi connectivity index (χ1) is 15.6. The maximum absolute atomic E-state index is 12.7. The second-order valence-electron chi connectivity index (χ2n) is 9.50. The molecule has 32 heavy (non-hydrogen) atoms. The lowest BCUT2D eigenvalue weighted by Gasteiger charge is -2.24. The van der Waals surface area contributed by atoms with Crippen molar-refractivity contribution in [3.05, 3.63) is 27.9 Å². The Bertz CT molecular complexity index is 821. The van der Waals surface area contributed by atoms with Gasteiger partial charge in [0.05, 0.1) is 31.6 Å². The number of aryl methyl sites for hydroxylation is 1. The van der Waals surface area contributed by atoms with Crippen LogP contribution in [-0.2, 0) is 27.2 Å². The summed E-state index contributed by atoms with van der Waals surface area (Å²) in [6.45, 7) is 5.41. The maximum atomic E-state index is 12.7. The number of hydrogen-bond donors (Lipinski definition) is 0. The minimum absolute atomic E-state index is 0.0831. The van der Waals surface area contributed by atoms with Gasteiger partial charge >= 0.3 is 0 Å². The van der Waals surface area contributed by atoms with Crippen LogP contribution in [-0.4, -0.2) is 84.4 Å². The minimum atomic E-state index is 0.0831. The summed E-state index contributed by atoms with van der Waals surface area (Å²) in [6.07, 6.45) is 8.77. The Morgan fingerprint density at radius 2 is 2.12 bits per heavy atom. The molecule has 8 heteroatoms. The SMILES string of the molecule is CN(CCOC[C@@H]1CCCCO1)C(=O)CN1CC[C@H](c2cc(=O)n3c(n2)CCCCC3)C1. The summed E-state index contributed by atoms with van der Waals surface area (Å²) in [6, 6.07) is 1.73. The molecule has 2 atom stereocenters. The standard InChI is InChI=1S/C24H38N4O4/c1-26(12-14-31-18-20-7-4-6-13-32-20)24(30)17-27-11-9-19(16-27)21-15-23(29)28-10-5-2-3-8-22(28)25-21/h15,19-20H,2-14,16-18H2,1H3/t19-,20-/m0/s1. The number of likely N-dealkylation sites (N-methyl/N-ethyl adjacent to an activating group) is 1. The van der Waals surface area contributed by atoms with Crippen molar-refractivity contribution in [2.24, 2.45) is 0 Å². The van der Waals surface area contributed by atoms with Crippen molar-refractivity contribution in [3.63, 3.8) is 0 Å². The molecule has 3 aliphatic heterocycles. The Kier molecular flexibility index (Phi) is 8.32. The second kappa shape index (κ2) is 11.4. The van der Waals surface area contributed by atoms with Gasteiger partial charge in [-0.15, -0.1) is 0 Å². The van der Waals surface area contributed by atoms with E-state index in [9.17, 15) is 9.59 Å². The summed E-state index contributed by atoms with van der Waals surface area (Å²) in [5.41, 5.74) is 0.990. The molecule has 178 valence electrons. The van der Waals surface area contributed by atoms with Gasteiger partial charge in [-0.3, -0.25) is 19.1 Å². The predicted octanol–water partition coefficient (Wildman–Crippen LogP) is 1.80. The van der Waals surface area contributed by atoms with E-state index in [4.69, 9.17) is 14.5 Å². The Hall–Kier alpha value is -1.77. The minimum Gasteiger partial charge on any atom is -0.377 e. The number of carbonyl (C=O) groups excluding carboxylic acids is 1. The molecule has 0 spiro atoms. The van der Waals surface area contributed by atoms with Gasteiger partial charge in [-0.05, 0) is 45.1 Å². The molecule has 0 aliphatic carbocycles. The number of fused-ring (bicyclic) bond motifs is 1. The number of hydrogen-bond acceptors (Lipinski definition) is 6. The van der Waals surface area contributed by atoms with E-state index in [1.54, 1.807) is 11.0 Å². The van der Waals surface area contributed by atoms with Gasteiger partial charge in [-0.1, -0.05) is 6.42 Å². The normalized spacial score (nSPS) is 24.2. The predicted molar refractivity (Wildman–Crippen MR) is 122 cm³/mol. The van der Waals surface area contributed by atoms with Gasteiger partial charge in [0.15, 0.2) is 0 Å². The highest BCUT2D eigenvalue weighted by Gasteiger charge is 2.28. The average Bonchev–Trinajstić information content (AvgIpc) is 3.13. The van der Waals surface area contributed by atoms with Gasteiger partial charge in [-0.25, -0.2) is 4.98 Å². The van der Waals surface area contributed by atoms with Crippen LogP contribution in [0.5, 0.6) is 0 Å². The zero-order valence-electron chi connectivity index (χ0n) is 19.5. The molecule has 4 heterocycles. The first-order valence-electron chi connectivity index (χ1n) is 12.4. The van der Waals surface area contributed by atoms with Crippen molar-refractivity contribution in [2.75, 3.05) is 53.0 Å². The summed E-state index contributed by atoms with van der Waals surface area (Å²) in [4.78, 5) is 34.1. The number of carbonyl (C=O) groups is 1. The van der Waals surface area contributed by atoms with Crippen LogP contribution in [0.15, 0.2) is 10.9 Å². The van der Waals surface area contributed by atoms with Crippen molar-refractivity contribution in [3.8, 4) is 0 Å². The number of nitrogens with zero attached hydrogens (tertiary/aromatic N) is 4. The van der Waals surface area contributed by atoms with Crippen molar-refractivity contribution in [1.82, 2.24) is 19.4 Å². The lowest BCUT2D eigenvalue weighted by molar-refractivity contribution is -0.131. The number of amides is 1. The molecular weight excluding hydrogens is 408 g/mol. The molecule has 2 fully saturated rings. The Morgan fingerprint density at radius 3 is 2.97 bits per heavy atom. The van der Waals surface area contributed by atoms with E-state index in [0.717, 1.165) is 82.7 Å². The molecule has 8 nitrogen and oxygen atoms in total. The molecule has 0 radical (unpaired) electrons. The Balaban J connectivity index is 1.21. The molecule has 0 unspecified atom stereocenters. The molecule has 1 aromatic rings. The highest BCUT2D eigenvalue weighted by molar-refractivity contribution is 5.78. The van der Waals surface area contributed by atoms with Crippen LogP contribution in [0.3, 0.4) is 0 Å². The second-order valence-corrected chi connectivity index (χ2v) is 9.50. The monoisotopic (exact) mass is 446 g/mol. The lowest BCUT2D eigenvalue weighted by atomic mass is 10.0. The molecule has 0 saturated carbocycles. The number of ether oxygens (including phenoxy) is 2. The highest BCUT2D eigenvalue weighted by Crippen LogP contribution is 2.26. The summed E-state index contributed by atoms with van der Waals surface area (Å²) in [7, 11) is 1.84.